The second-order valence-corrected chi connectivity index (χ2v) is 9.53. The van der Waals surface area contributed by atoms with Crippen LogP contribution in [0, 0.1) is 0 Å². The molecule has 1 heterocycles. The van der Waals surface area contributed by atoms with Crippen LogP contribution >= 0.6 is 23.2 Å². The fraction of sp³-hybridized carbons (Fsp3) is 0.207. The molecule has 4 amide bonds. The number of hydrogen-bond donors (Lipinski definition) is 3. The summed E-state index contributed by atoms with van der Waals surface area (Å²) in [5, 5.41) is 9.13. The number of hydrogen-bond acceptors (Lipinski definition) is 4. The van der Waals surface area contributed by atoms with Crippen molar-refractivity contribution in [1.82, 2.24) is 10.2 Å². The molecule has 3 N–H and O–H groups in total. The third kappa shape index (κ3) is 6.53. The molecule has 0 aliphatic carbocycles. The molecule has 0 bridgehead atoms. The second-order valence-electron chi connectivity index (χ2n) is 8.72. The molecular weight excluding hydrogens is 539 g/mol. The van der Waals surface area contributed by atoms with E-state index in [1.54, 1.807) is 54.3 Å². The number of esters is 1. The maximum Gasteiger partial charge on any atom is 0.338 e. The van der Waals surface area contributed by atoms with Crippen LogP contribution in [0.1, 0.15) is 37.4 Å². The Hall–Kier alpha value is -4.01. The second kappa shape index (κ2) is 12.7. The van der Waals surface area contributed by atoms with Crippen molar-refractivity contribution in [1.29, 1.82) is 0 Å². The van der Waals surface area contributed by atoms with Gasteiger partial charge in [-0.1, -0.05) is 72.6 Å². The monoisotopic (exact) mass is 566 g/mol. The van der Waals surface area contributed by atoms with E-state index in [1.807, 2.05) is 37.3 Å². The molecule has 0 fully saturated rings. The molecule has 0 saturated heterocycles. The van der Waals surface area contributed by atoms with Crippen molar-refractivity contribution >= 4 is 58.3 Å². The lowest BCUT2D eigenvalue weighted by molar-refractivity contribution is -0.138. The van der Waals surface area contributed by atoms with Crippen molar-refractivity contribution in [3.63, 3.8) is 0 Å². The zero-order chi connectivity index (χ0) is 27.9. The molecule has 1 unspecified atom stereocenters. The lowest BCUT2D eigenvalue weighted by Crippen LogP contribution is -2.48. The average molecular weight is 567 g/mol. The lowest BCUT2D eigenvalue weighted by Gasteiger charge is -2.37. The number of urea groups is 2. The van der Waals surface area contributed by atoms with E-state index in [-0.39, 0.29) is 12.6 Å². The molecule has 0 spiro atoms. The van der Waals surface area contributed by atoms with Gasteiger partial charge in [0.05, 0.1) is 34.0 Å². The first-order chi connectivity index (χ1) is 18.8. The first kappa shape index (κ1) is 28.0. The predicted molar refractivity (Wildman–Crippen MR) is 154 cm³/mol. The van der Waals surface area contributed by atoms with E-state index in [2.05, 4.69) is 16.0 Å². The highest BCUT2D eigenvalue weighted by atomic mass is 35.5. The summed E-state index contributed by atoms with van der Waals surface area (Å²) < 4.78 is 5.45. The summed E-state index contributed by atoms with van der Waals surface area (Å²) in [4.78, 5) is 40.9. The molecule has 4 rings (SSSR count). The van der Waals surface area contributed by atoms with E-state index in [4.69, 9.17) is 27.9 Å². The highest BCUT2D eigenvalue weighted by Gasteiger charge is 2.38. The van der Waals surface area contributed by atoms with Gasteiger partial charge in [0.15, 0.2) is 0 Å². The molecule has 10 heteroatoms. The Bertz CT molecular complexity index is 1410. The summed E-state index contributed by atoms with van der Waals surface area (Å²) in [6.07, 6.45) is 0.692. The van der Waals surface area contributed by atoms with Crippen LogP contribution in [0.3, 0.4) is 0 Å². The Kier molecular flexibility index (Phi) is 9.11. The molecule has 0 radical (unpaired) electrons. The molecule has 8 nitrogen and oxygen atoms in total. The molecular formula is C29H28Cl2N4O4. The van der Waals surface area contributed by atoms with Crippen molar-refractivity contribution in [2.45, 2.75) is 26.3 Å². The van der Waals surface area contributed by atoms with E-state index in [0.29, 0.717) is 51.2 Å². The van der Waals surface area contributed by atoms with Crippen LogP contribution < -0.4 is 16.0 Å². The van der Waals surface area contributed by atoms with E-state index in [1.165, 1.54) is 0 Å². The summed E-state index contributed by atoms with van der Waals surface area (Å²) in [7, 11) is 0. The SMILES string of the molecule is CCCN1C(=O)NC(c2cccc(NC(=O)Nc3ccc(Cl)c(Cl)c3)c2)C(C(=O)OCC)=C1c1ccccc1. The van der Waals surface area contributed by atoms with E-state index < -0.39 is 18.0 Å². The standard InChI is InChI=1S/C29H28Cl2N4O4/c1-3-15-35-26(18-9-6-5-7-10-18)24(27(36)39-4-2)25(34-29(35)38)19-11-8-12-20(16-19)32-28(37)33-21-13-14-22(30)23(31)17-21/h5-14,16-17,25H,3-4,15H2,1-2H3,(H,34,38)(H2,32,33,37). The van der Waals surface area contributed by atoms with Gasteiger partial charge in [-0.2, -0.15) is 0 Å². The molecule has 39 heavy (non-hydrogen) atoms. The predicted octanol–water partition coefficient (Wildman–Crippen LogP) is 7.09. The highest BCUT2D eigenvalue weighted by molar-refractivity contribution is 6.42. The molecule has 0 aromatic heterocycles. The Balaban J connectivity index is 1.71. The summed E-state index contributed by atoms with van der Waals surface area (Å²) in [6.45, 7) is 4.29. The maximum atomic E-state index is 13.4. The van der Waals surface area contributed by atoms with E-state index in [0.717, 1.165) is 5.56 Å². The van der Waals surface area contributed by atoms with Crippen molar-refractivity contribution in [3.05, 3.63) is 99.5 Å². The summed E-state index contributed by atoms with van der Waals surface area (Å²) in [5.74, 6) is -0.529. The number of halogens is 2. The first-order valence-electron chi connectivity index (χ1n) is 12.5. The first-order valence-corrected chi connectivity index (χ1v) is 13.3. The summed E-state index contributed by atoms with van der Waals surface area (Å²) in [5.41, 5.74) is 3.06. The number of carbonyl (C=O) groups is 3. The molecule has 1 atom stereocenters. The van der Waals surface area contributed by atoms with Gasteiger partial charge in [-0.05, 0) is 54.8 Å². The van der Waals surface area contributed by atoms with Crippen molar-refractivity contribution in [2.24, 2.45) is 0 Å². The zero-order valence-corrected chi connectivity index (χ0v) is 23.0. The van der Waals surface area contributed by atoms with Gasteiger partial charge in [0.25, 0.3) is 0 Å². The summed E-state index contributed by atoms with van der Waals surface area (Å²) in [6, 6.07) is 19.4. The lowest BCUT2D eigenvalue weighted by atomic mass is 9.91. The van der Waals surface area contributed by atoms with Crippen molar-refractivity contribution in [2.75, 3.05) is 23.8 Å². The Morgan fingerprint density at radius 2 is 1.64 bits per heavy atom. The molecule has 3 aromatic carbocycles. The van der Waals surface area contributed by atoms with Gasteiger partial charge in [0, 0.05) is 17.9 Å². The Morgan fingerprint density at radius 1 is 0.923 bits per heavy atom. The van der Waals surface area contributed by atoms with Gasteiger partial charge < -0.3 is 20.7 Å². The molecule has 0 saturated carbocycles. The third-order valence-corrected chi connectivity index (χ3v) is 6.71. The molecule has 1 aliphatic heterocycles. The molecule has 202 valence electrons. The minimum atomic E-state index is -0.806. The van der Waals surface area contributed by atoms with Crippen molar-refractivity contribution in [3.8, 4) is 0 Å². The number of carbonyl (C=O) groups excluding carboxylic acids is 3. The fourth-order valence-electron chi connectivity index (χ4n) is 4.34. The van der Waals surface area contributed by atoms with Gasteiger partial charge in [-0.15, -0.1) is 0 Å². The van der Waals surface area contributed by atoms with E-state index >= 15 is 0 Å². The Labute approximate surface area is 236 Å². The fourth-order valence-corrected chi connectivity index (χ4v) is 4.64. The largest absolute Gasteiger partial charge is 0.463 e. The van der Waals surface area contributed by atoms with Gasteiger partial charge >= 0.3 is 18.0 Å². The number of nitrogens with one attached hydrogen (secondary N) is 3. The van der Waals surface area contributed by atoms with Crippen molar-refractivity contribution < 1.29 is 19.1 Å². The smallest absolute Gasteiger partial charge is 0.338 e. The van der Waals surface area contributed by atoms with Crippen LogP contribution in [-0.4, -0.2) is 36.1 Å². The highest BCUT2D eigenvalue weighted by Crippen LogP contribution is 2.37. The van der Waals surface area contributed by atoms with Crippen LogP contribution in [-0.2, 0) is 9.53 Å². The topological polar surface area (TPSA) is 99.8 Å². The van der Waals surface area contributed by atoms with Crippen LogP contribution in [0.4, 0.5) is 21.0 Å². The zero-order valence-electron chi connectivity index (χ0n) is 21.5. The van der Waals surface area contributed by atoms with Crippen LogP contribution in [0.25, 0.3) is 5.70 Å². The van der Waals surface area contributed by atoms with Gasteiger partial charge in [-0.3, -0.25) is 4.90 Å². The maximum absolute atomic E-state index is 13.4. The van der Waals surface area contributed by atoms with Crippen LogP contribution in [0.5, 0.6) is 0 Å². The Morgan fingerprint density at radius 3 is 2.31 bits per heavy atom. The normalized spacial score (nSPS) is 15.0. The number of benzene rings is 3. The number of ether oxygens (including phenoxy) is 1. The summed E-state index contributed by atoms with van der Waals surface area (Å²) >= 11 is 12.0. The average Bonchev–Trinajstić information content (AvgIpc) is 2.92. The number of anilines is 2. The number of nitrogens with zero attached hydrogens (tertiary/aromatic N) is 1. The number of amides is 4. The third-order valence-electron chi connectivity index (χ3n) is 5.97. The van der Waals surface area contributed by atoms with E-state index in [9.17, 15) is 14.4 Å². The molecule has 3 aromatic rings. The minimum absolute atomic E-state index is 0.176. The van der Waals surface area contributed by atoms with Crippen LogP contribution in [0.15, 0.2) is 78.4 Å². The van der Waals surface area contributed by atoms with Crippen LogP contribution in [0.2, 0.25) is 10.0 Å². The quantitative estimate of drug-likeness (QED) is 0.253. The number of rotatable bonds is 8. The van der Waals surface area contributed by atoms with Gasteiger partial charge in [0.1, 0.15) is 0 Å². The van der Waals surface area contributed by atoms with Gasteiger partial charge in [0.2, 0.25) is 0 Å². The molecule has 1 aliphatic rings. The van der Waals surface area contributed by atoms with Gasteiger partial charge in [-0.25, -0.2) is 14.4 Å². The minimum Gasteiger partial charge on any atom is -0.463 e.